The van der Waals surface area contributed by atoms with Gasteiger partial charge in [-0.1, -0.05) is 30.3 Å². The summed E-state index contributed by atoms with van der Waals surface area (Å²) < 4.78 is 2.74. The average Bonchev–Trinajstić information content (AvgIpc) is 2.84. The molecule has 3 aromatic rings. The average molecular weight is 441 g/mol. The summed E-state index contributed by atoms with van der Waals surface area (Å²) in [5, 5.41) is 18.5. The van der Waals surface area contributed by atoms with Gasteiger partial charge in [0.05, 0.1) is 36.4 Å². The number of hydrogen-bond donors (Lipinski definition) is 1. The summed E-state index contributed by atoms with van der Waals surface area (Å²) in [6, 6.07) is 19.6. The summed E-state index contributed by atoms with van der Waals surface area (Å²) in [4.78, 5) is 28.6. The van der Waals surface area contributed by atoms with Crippen LogP contribution in [0.1, 0.15) is 35.1 Å². The van der Waals surface area contributed by atoms with Gasteiger partial charge in [0.25, 0.3) is 5.56 Å². The summed E-state index contributed by atoms with van der Waals surface area (Å²) in [5.41, 5.74) is 7.75. The number of nitriles is 2. The van der Waals surface area contributed by atoms with Crippen molar-refractivity contribution in [3.8, 4) is 12.1 Å². The maximum Gasteiger partial charge on any atom is 0.333 e. The zero-order valence-electron chi connectivity index (χ0n) is 18.1. The molecule has 2 heterocycles. The number of rotatable bonds is 5. The van der Waals surface area contributed by atoms with Crippen LogP contribution in [0.2, 0.25) is 0 Å². The van der Waals surface area contributed by atoms with Crippen LogP contribution in [0.3, 0.4) is 0 Å². The molecule has 8 heteroatoms. The molecule has 0 saturated carbocycles. The molecule has 2 N–H and O–H groups in total. The van der Waals surface area contributed by atoms with Crippen LogP contribution in [0.25, 0.3) is 0 Å². The van der Waals surface area contributed by atoms with Gasteiger partial charge in [-0.05, 0) is 42.2 Å². The maximum atomic E-state index is 13.6. The van der Waals surface area contributed by atoms with Crippen molar-refractivity contribution in [2.24, 2.45) is 5.73 Å². The highest BCUT2D eigenvalue weighted by molar-refractivity contribution is 5.43. The second kappa shape index (κ2) is 9.56. The van der Waals surface area contributed by atoms with Gasteiger partial charge in [-0.15, -0.1) is 0 Å². The van der Waals surface area contributed by atoms with E-state index in [9.17, 15) is 14.9 Å². The van der Waals surface area contributed by atoms with Crippen molar-refractivity contribution < 1.29 is 0 Å². The fourth-order valence-corrected chi connectivity index (χ4v) is 4.18. The normalized spacial score (nSPS) is 15.6. The van der Waals surface area contributed by atoms with Crippen LogP contribution in [0, 0.1) is 22.7 Å². The molecule has 1 saturated heterocycles. The molecule has 33 heavy (non-hydrogen) atoms. The van der Waals surface area contributed by atoms with Crippen LogP contribution < -0.4 is 21.9 Å². The molecule has 1 fully saturated rings. The van der Waals surface area contributed by atoms with E-state index in [0.29, 0.717) is 35.6 Å². The van der Waals surface area contributed by atoms with Gasteiger partial charge in [0.1, 0.15) is 5.82 Å². The number of anilines is 1. The molecule has 4 rings (SSSR count). The van der Waals surface area contributed by atoms with Crippen LogP contribution in [-0.4, -0.2) is 28.3 Å². The van der Waals surface area contributed by atoms with E-state index in [1.807, 2.05) is 17.0 Å². The Morgan fingerprint density at radius 3 is 2.42 bits per heavy atom. The van der Waals surface area contributed by atoms with Crippen molar-refractivity contribution in [1.82, 2.24) is 9.13 Å². The summed E-state index contributed by atoms with van der Waals surface area (Å²) in [6.45, 7) is 1.50. The van der Waals surface area contributed by atoms with Crippen LogP contribution in [0.5, 0.6) is 0 Å². The highest BCUT2D eigenvalue weighted by Gasteiger charge is 2.22. The van der Waals surface area contributed by atoms with Crippen LogP contribution in [0.15, 0.2) is 64.2 Å². The molecule has 0 radical (unpaired) electrons. The Hall–Kier alpha value is -4.14. The van der Waals surface area contributed by atoms with Crippen molar-refractivity contribution >= 4 is 5.82 Å². The largest absolute Gasteiger partial charge is 0.356 e. The number of nitrogens with zero attached hydrogens (tertiary/aromatic N) is 5. The van der Waals surface area contributed by atoms with Crippen LogP contribution in [0.4, 0.5) is 5.82 Å². The number of benzene rings is 2. The van der Waals surface area contributed by atoms with Gasteiger partial charge < -0.3 is 10.6 Å². The van der Waals surface area contributed by atoms with E-state index < -0.39 is 11.2 Å². The molecule has 1 aromatic heterocycles. The molecular weight excluding hydrogens is 416 g/mol. The second-order valence-electron chi connectivity index (χ2n) is 8.22. The highest BCUT2D eigenvalue weighted by atomic mass is 16.2. The first-order valence-corrected chi connectivity index (χ1v) is 10.8. The van der Waals surface area contributed by atoms with Gasteiger partial charge in [-0.2, -0.15) is 10.5 Å². The number of piperidine rings is 1. The quantitative estimate of drug-likeness (QED) is 0.646. The predicted octanol–water partition coefficient (Wildman–Crippen LogP) is 1.78. The Morgan fingerprint density at radius 2 is 1.73 bits per heavy atom. The third kappa shape index (κ3) is 4.72. The predicted molar refractivity (Wildman–Crippen MR) is 125 cm³/mol. The summed E-state index contributed by atoms with van der Waals surface area (Å²) in [6.07, 6.45) is 1.77. The first kappa shape index (κ1) is 22.1. The fraction of sp³-hybridized carbons (Fsp3) is 0.280. The number of aromatic nitrogens is 2. The zero-order valence-corrected chi connectivity index (χ0v) is 18.1. The van der Waals surface area contributed by atoms with Crippen LogP contribution >= 0.6 is 0 Å². The van der Waals surface area contributed by atoms with Gasteiger partial charge >= 0.3 is 5.69 Å². The molecular formula is C25H24N6O2. The lowest BCUT2D eigenvalue weighted by Crippen LogP contribution is -2.48. The van der Waals surface area contributed by atoms with Crippen molar-refractivity contribution in [2.45, 2.75) is 32.0 Å². The summed E-state index contributed by atoms with van der Waals surface area (Å²) >= 11 is 0. The topological polar surface area (TPSA) is 121 Å². The maximum absolute atomic E-state index is 13.6. The van der Waals surface area contributed by atoms with E-state index in [4.69, 9.17) is 11.0 Å². The molecule has 0 aliphatic carbocycles. The Morgan fingerprint density at radius 1 is 0.970 bits per heavy atom. The Balaban J connectivity index is 1.81. The van der Waals surface area contributed by atoms with Gasteiger partial charge in [0, 0.05) is 25.2 Å². The van der Waals surface area contributed by atoms with Crippen molar-refractivity contribution in [2.75, 3.05) is 18.0 Å². The standard InChI is InChI=1S/C25H24N6O2/c26-13-18-7-9-19(10-8-18)15-31-24(32)12-23(29-11-3-6-22(28)17-29)30(25(31)33)16-21-5-2-1-4-20(21)14-27/h1-2,4-5,7-10,12,22H,3,6,11,15-17,28H2/t22-/m1/s1. The third-order valence-corrected chi connectivity index (χ3v) is 5.93. The SMILES string of the molecule is N#Cc1ccc(Cn2c(=O)cc(N3CCC[C@@H](N)C3)n(Cc3ccccc3C#N)c2=O)cc1. The van der Waals surface area contributed by atoms with Crippen LogP contribution in [-0.2, 0) is 13.1 Å². The van der Waals surface area contributed by atoms with E-state index in [-0.39, 0.29) is 19.1 Å². The zero-order chi connectivity index (χ0) is 23.4. The molecule has 166 valence electrons. The molecule has 0 bridgehead atoms. The Kier molecular flexibility index (Phi) is 6.39. The summed E-state index contributed by atoms with van der Waals surface area (Å²) in [5.74, 6) is 0.518. The van der Waals surface area contributed by atoms with E-state index in [0.717, 1.165) is 18.4 Å². The minimum atomic E-state index is -0.450. The highest BCUT2D eigenvalue weighted by Crippen LogP contribution is 2.19. The Bertz CT molecular complexity index is 1360. The minimum Gasteiger partial charge on any atom is -0.356 e. The van der Waals surface area contributed by atoms with E-state index in [1.165, 1.54) is 10.6 Å². The van der Waals surface area contributed by atoms with Crippen molar-refractivity contribution in [3.05, 3.63) is 97.7 Å². The molecule has 0 unspecified atom stereocenters. The van der Waals surface area contributed by atoms with E-state index in [1.54, 1.807) is 41.0 Å². The smallest absolute Gasteiger partial charge is 0.333 e. The number of nitrogens with two attached hydrogens (primary N) is 1. The first-order valence-electron chi connectivity index (χ1n) is 10.8. The monoisotopic (exact) mass is 440 g/mol. The molecule has 8 nitrogen and oxygen atoms in total. The van der Waals surface area contributed by atoms with Gasteiger partial charge in [0.2, 0.25) is 0 Å². The van der Waals surface area contributed by atoms with Gasteiger partial charge in [-0.25, -0.2) is 4.79 Å². The third-order valence-electron chi connectivity index (χ3n) is 5.93. The lowest BCUT2D eigenvalue weighted by atomic mass is 10.1. The van der Waals surface area contributed by atoms with Gasteiger partial charge in [-0.3, -0.25) is 13.9 Å². The second-order valence-corrected chi connectivity index (χ2v) is 8.22. The molecule has 0 spiro atoms. The van der Waals surface area contributed by atoms with Crippen molar-refractivity contribution in [1.29, 1.82) is 10.5 Å². The lowest BCUT2D eigenvalue weighted by Gasteiger charge is -2.34. The number of hydrogen-bond acceptors (Lipinski definition) is 6. The van der Waals surface area contributed by atoms with Crippen molar-refractivity contribution in [3.63, 3.8) is 0 Å². The molecule has 2 aromatic carbocycles. The summed E-state index contributed by atoms with van der Waals surface area (Å²) in [7, 11) is 0. The fourth-order valence-electron chi connectivity index (χ4n) is 4.18. The van der Waals surface area contributed by atoms with E-state index >= 15 is 0 Å². The minimum absolute atomic E-state index is 0.0326. The molecule has 1 atom stereocenters. The molecule has 0 amide bonds. The first-order chi connectivity index (χ1) is 16.0. The lowest BCUT2D eigenvalue weighted by molar-refractivity contribution is 0.490. The van der Waals surface area contributed by atoms with Gasteiger partial charge in [0.15, 0.2) is 0 Å². The Labute approximate surface area is 191 Å². The molecule has 1 aliphatic rings. The van der Waals surface area contributed by atoms with E-state index in [2.05, 4.69) is 12.1 Å². The molecule has 1 aliphatic heterocycles.